The molecule has 0 atom stereocenters. The van der Waals surface area contributed by atoms with Gasteiger partial charge in [0, 0.05) is 21.5 Å². The Balaban J connectivity index is 1.54. The summed E-state index contributed by atoms with van der Waals surface area (Å²) in [4.78, 5) is 12.4. The fourth-order valence-corrected chi connectivity index (χ4v) is 2.91. The number of nitrogens with zero attached hydrogens (tertiary/aromatic N) is 1. The van der Waals surface area contributed by atoms with Gasteiger partial charge in [0.15, 0.2) is 5.82 Å². The molecule has 0 aliphatic rings. The highest BCUT2D eigenvalue weighted by Crippen LogP contribution is 2.27. The summed E-state index contributed by atoms with van der Waals surface area (Å²) < 4.78 is 5.86. The van der Waals surface area contributed by atoms with Crippen LogP contribution in [0.15, 0.2) is 72.8 Å². The van der Waals surface area contributed by atoms with Crippen LogP contribution in [0.2, 0.25) is 5.02 Å². The molecule has 1 amide bonds. The Morgan fingerprint density at radius 3 is 2.63 bits per heavy atom. The van der Waals surface area contributed by atoms with Crippen LogP contribution < -0.4 is 10.1 Å². The first-order valence-electron chi connectivity index (χ1n) is 8.41. The second kappa shape index (κ2) is 7.51. The highest BCUT2D eigenvalue weighted by molar-refractivity contribution is 6.31. The number of benzene rings is 3. The SMILES string of the molecule is O=C(Nc1n[nH]c2ccc(OCc3ccccc3Cl)cc12)c1ccccc1. The van der Waals surface area contributed by atoms with Crippen LogP contribution in [-0.2, 0) is 6.61 Å². The first-order chi connectivity index (χ1) is 13.2. The van der Waals surface area contributed by atoms with E-state index in [-0.39, 0.29) is 5.91 Å². The Morgan fingerprint density at radius 2 is 1.81 bits per heavy atom. The van der Waals surface area contributed by atoms with Gasteiger partial charge in [0.1, 0.15) is 12.4 Å². The minimum Gasteiger partial charge on any atom is -0.489 e. The number of nitrogens with one attached hydrogen (secondary N) is 2. The molecule has 27 heavy (non-hydrogen) atoms. The van der Waals surface area contributed by atoms with E-state index in [9.17, 15) is 4.79 Å². The maximum absolute atomic E-state index is 12.4. The van der Waals surface area contributed by atoms with Crippen LogP contribution >= 0.6 is 11.6 Å². The van der Waals surface area contributed by atoms with Crippen LogP contribution in [0, 0.1) is 0 Å². The van der Waals surface area contributed by atoms with Gasteiger partial charge >= 0.3 is 0 Å². The standard InChI is InChI=1S/C21H16ClN3O2/c22-18-9-5-4-8-15(18)13-27-16-10-11-19-17(12-16)20(25-24-19)23-21(26)14-6-2-1-3-7-14/h1-12H,13H2,(H2,23,24,25,26). The molecule has 134 valence electrons. The Bertz CT molecular complexity index is 1090. The van der Waals surface area contributed by atoms with Gasteiger partial charge in [0.25, 0.3) is 5.91 Å². The second-order valence-electron chi connectivity index (χ2n) is 5.98. The van der Waals surface area contributed by atoms with Gasteiger partial charge in [-0.05, 0) is 36.4 Å². The topological polar surface area (TPSA) is 67.0 Å². The molecular formula is C21H16ClN3O2. The van der Waals surface area contributed by atoms with E-state index in [0.717, 1.165) is 16.5 Å². The van der Waals surface area contributed by atoms with E-state index in [4.69, 9.17) is 16.3 Å². The molecule has 3 aromatic carbocycles. The summed E-state index contributed by atoms with van der Waals surface area (Å²) in [5.74, 6) is 0.910. The minimum absolute atomic E-state index is 0.216. The zero-order valence-corrected chi connectivity index (χ0v) is 15.0. The molecule has 0 unspecified atom stereocenters. The number of hydrogen-bond donors (Lipinski definition) is 2. The van der Waals surface area contributed by atoms with E-state index in [1.165, 1.54) is 0 Å². The molecule has 2 N–H and O–H groups in total. The van der Waals surface area contributed by atoms with Gasteiger partial charge in [0.2, 0.25) is 0 Å². The van der Waals surface area contributed by atoms with E-state index in [2.05, 4.69) is 15.5 Å². The Morgan fingerprint density at radius 1 is 1.04 bits per heavy atom. The third kappa shape index (κ3) is 3.78. The first-order valence-corrected chi connectivity index (χ1v) is 8.79. The lowest BCUT2D eigenvalue weighted by Gasteiger charge is -2.08. The fraction of sp³-hybridized carbons (Fsp3) is 0.0476. The summed E-state index contributed by atoms with van der Waals surface area (Å²) in [5.41, 5.74) is 2.28. The molecule has 0 spiro atoms. The largest absolute Gasteiger partial charge is 0.489 e. The van der Waals surface area contributed by atoms with E-state index in [1.54, 1.807) is 12.1 Å². The molecule has 4 aromatic rings. The Kier molecular flexibility index (Phi) is 4.77. The van der Waals surface area contributed by atoms with Crippen molar-refractivity contribution in [2.24, 2.45) is 0 Å². The monoisotopic (exact) mass is 377 g/mol. The van der Waals surface area contributed by atoms with Crippen molar-refractivity contribution >= 4 is 34.2 Å². The number of carbonyl (C=O) groups is 1. The van der Waals surface area contributed by atoms with Crippen molar-refractivity contribution in [3.8, 4) is 5.75 Å². The van der Waals surface area contributed by atoms with Crippen molar-refractivity contribution in [2.75, 3.05) is 5.32 Å². The van der Waals surface area contributed by atoms with Crippen molar-refractivity contribution in [2.45, 2.75) is 6.61 Å². The number of carbonyl (C=O) groups excluding carboxylic acids is 1. The summed E-state index contributed by atoms with van der Waals surface area (Å²) >= 11 is 6.17. The summed E-state index contributed by atoms with van der Waals surface area (Å²) in [6.45, 7) is 0.356. The van der Waals surface area contributed by atoms with Gasteiger partial charge in [-0.3, -0.25) is 9.89 Å². The van der Waals surface area contributed by atoms with Gasteiger partial charge in [-0.25, -0.2) is 0 Å². The van der Waals surface area contributed by atoms with Gasteiger partial charge in [-0.15, -0.1) is 0 Å². The number of rotatable bonds is 5. The maximum Gasteiger partial charge on any atom is 0.256 e. The molecular weight excluding hydrogens is 362 g/mol. The molecule has 0 aliphatic heterocycles. The number of fused-ring (bicyclic) bond motifs is 1. The van der Waals surface area contributed by atoms with Crippen LogP contribution in [-0.4, -0.2) is 16.1 Å². The molecule has 0 aliphatic carbocycles. The minimum atomic E-state index is -0.216. The van der Waals surface area contributed by atoms with Crippen LogP contribution in [0.5, 0.6) is 5.75 Å². The number of anilines is 1. The summed E-state index contributed by atoms with van der Waals surface area (Å²) in [6, 6.07) is 22.1. The molecule has 0 saturated carbocycles. The van der Waals surface area contributed by atoms with E-state index in [0.29, 0.717) is 28.8 Å². The Labute approximate surface area is 160 Å². The maximum atomic E-state index is 12.4. The molecule has 4 rings (SSSR count). The highest BCUT2D eigenvalue weighted by atomic mass is 35.5. The lowest BCUT2D eigenvalue weighted by Crippen LogP contribution is -2.12. The zero-order valence-electron chi connectivity index (χ0n) is 14.3. The van der Waals surface area contributed by atoms with Gasteiger partial charge in [-0.1, -0.05) is 48.0 Å². The summed E-state index contributed by atoms with van der Waals surface area (Å²) in [5, 5.41) is 11.4. The third-order valence-corrected chi connectivity index (χ3v) is 4.52. The predicted molar refractivity (Wildman–Crippen MR) is 106 cm³/mol. The average molecular weight is 378 g/mol. The van der Waals surface area contributed by atoms with E-state index in [1.807, 2.05) is 60.7 Å². The highest BCUT2D eigenvalue weighted by Gasteiger charge is 2.12. The summed E-state index contributed by atoms with van der Waals surface area (Å²) in [7, 11) is 0. The predicted octanol–water partition coefficient (Wildman–Crippen LogP) is 5.05. The Hall–Kier alpha value is -3.31. The van der Waals surface area contributed by atoms with Crippen LogP contribution in [0.3, 0.4) is 0 Å². The van der Waals surface area contributed by atoms with Crippen molar-refractivity contribution in [1.82, 2.24) is 10.2 Å². The lowest BCUT2D eigenvalue weighted by molar-refractivity contribution is 0.102. The quantitative estimate of drug-likeness (QED) is 0.511. The van der Waals surface area contributed by atoms with Crippen LogP contribution in [0.25, 0.3) is 10.9 Å². The number of ether oxygens (including phenoxy) is 1. The number of aromatic nitrogens is 2. The summed E-state index contributed by atoms with van der Waals surface area (Å²) in [6.07, 6.45) is 0. The van der Waals surface area contributed by atoms with Crippen molar-refractivity contribution in [1.29, 1.82) is 0 Å². The lowest BCUT2D eigenvalue weighted by atomic mass is 10.2. The smallest absolute Gasteiger partial charge is 0.256 e. The molecule has 5 nitrogen and oxygen atoms in total. The van der Waals surface area contributed by atoms with Gasteiger partial charge in [-0.2, -0.15) is 5.10 Å². The van der Waals surface area contributed by atoms with Crippen LogP contribution in [0.1, 0.15) is 15.9 Å². The fourth-order valence-electron chi connectivity index (χ4n) is 2.72. The molecule has 0 saturated heterocycles. The van der Waals surface area contributed by atoms with Crippen molar-refractivity contribution in [3.63, 3.8) is 0 Å². The molecule has 0 fully saturated rings. The molecule has 1 heterocycles. The molecule has 0 bridgehead atoms. The second-order valence-corrected chi connectivity index (χ2v) is 6.39. The molecule has 6 heteroatoms. The van der Waals surface area contributed by atoms with Crippen LogP contribution in [0.4, 0.5) is 5.82 Å². The zero-order chi connectivity index (χ0) is 18.6. The number of amides is 1. The molecule has 0 radical (unpaired) electrons. The molecule has 1 aromatic heterocycles. The number of hydrogen-bond acceptors (Lipinski definition) is 3. The van der Waals surface area contributed by atoms with E-state index < -0.39 is 0 Å². The van der Waals surface area contributed by atoms with Gasteiger partial charge < -0.3 is 10.1 Å². The van der Waals surface area contributed by atoms with Crippen molar-refractivity contribution < 1.29 is 9.53 Å². The van der Waals surface area contributed by atoms with E-state index >= 15 is 0 Å². The average Bonchev–Trinajstić information content (AvgIpc) is 3.10. The third-order valence-electron chi connectivity index (χ3n) is 4.15. The number of H-pyrrole nitrogens is 1. The first kappa shape index (κ1) is 17.1. The van der Waals surface area contributed by atoms with Gasteiger partial charge in [0.05, 0.1) is 5.52 Å². The number of halogens is 1. The van der Waals surface area contributed by atoms with Crippen molar-refractivity contribution in [3.05, 3.63) is 88.9 Å². The number of aromatic amines is 1. The normalized spacial score (nSPS) is 10.7.